The molecule has 0 spiro atoms. The molecular weight excluding hydrogens is 270 g/mol. The molecule has 2 heteroatoms. The van der Waals surface area contributed by atoms with E-state index >= 15 is 0 Å². The molecule has 2 rings (SSSR count). The Morgan fingerprint density at radius 3 is 2.50 bits per heavy atom. The fourth-order valence-electron chi connectivity index (χ4n) is 3.78. The van der Waals surface area contributed by atoms with Gasteiger partial charge in [0, 0.05) is 11.6 Å². The van der Waals surface area contributed by atoms with Crippen molar-refractivity contribution in [2.24, 2.45) is 23.7 Å². The molecule has 0 bridgehead atoms. The molecule has 0 aliphatic heterocycles. The number of hydrogen-bond donors (Lipinski definition) is 1. The third-order valence-corrected chi connectivity index (χ3v) is 5.12. The average molecular weight is 301 g/mol. The van der Waals surface area contributed by atoms with Gasteiger partial charge in [0.1, 0.15) is 0 Å². The summed E-state index contributed by atoms with van der Waals surface area (Å²) in [5.74, 6) is 2.15. The molecule has 0 unspecified atom stereocenters. The van der Waals surface area contributed by atoms with Crippen molar-refractivity contribution in [3.05, 3.63) is 29.8 Å². The fraction of sp³-hybridized carbons (Fsp3) is 0.650. The third-order valence-electron chi connectivity index (χ3n) is 5.12. The van der Waals surface area contributed by atoms with Crippen LogP contribution < -0.4 is 5.32 Å². The van der Waals surface area contributed by atoms with Gasteiger partial charge < -0.3 is 5.32 Å². The van der Waals surface area contributed by atoms with E-state index in [9.17, 15) is 4.79 Å². The van der Waals surface area contributed by atoms with E-state index in [0.717, 1.165) is 24.9 Å². The van der Waals surface area contributed by atoms with E-state index in [1.165, 1.54) is 18.4 Å². The summed E-state index contributed by atoms with van der Waals surface area (Å²) >= 11 is 0. The molecule has 0 saturated heterocycles. The first kappa shape index (κ1) is 17.1. The molecule has 0 heterocycles. The summed E-state index contributed by atoms with van der Waals surface area (Å²) in [6.07, 6.45) is 5.73. The maximum atomic E-state index is 12.7. The number of anilines is 1. The standard InChI is InChI=1S/C20H31NO/c1-5-6-16-8-10-17(11-9-16)21-20(22)19-13-15(4)7-12-18(19)14(2)3/h8-11,14-15,18-19H,5-7,12-13H2,1-4H3,(H,21,22)/t15-,18+,19-/m1/s1. The highest BCUT2D eigenvalue weighted by Crippen LogP contribution is 2.38. The molecule has 3 atom stereocenters. The van der Waals surface area contributed by atoms with Gasteiger partial charge >= 0.3 is 0 Å². The predicted molar refractivity (Wildman–Crippen MR) is 93.9 cm³/mol. The Bertz CT molecular complexity index is 477. The van der Waals surface area contributed by atoms with Crippen molar-refractivity contribution in [3.63, 3.8) is 0 Å². The molecule has 0 aromatic heterocycles. The van der Waals surface area contributed by atoms with Gasteiger partial charge in [0.2, 0.25) is 5.91 Å². The molecule has 1 saturated carbocycles. The number of benzene rings is 1. The number of carbonyl (C=O) groups excluding carboxylic acids is 1. The maximum absolute atomic E-state index is 12.7. The summed E-state index contributed by atoms with van der Waals surface area (Å²) in [4.78, 5) is 12.7. The smallest absolute Gasteiger partial charge is 0.227 e. The molecule has 1 aliphatic rings. The zero-order valence-electron chi connectivity index (χ0n) is 14.6. The van der Waals surface area contributed by atoms with Crippen molar-refractivity contribution < 1.29 is 4.79 Å². The van der Waals surface area contributed by atoms with Gasteiger partial charge in [-0.2, -0.15) is 0 Å². The normalized spacial score (nSPS) is 25.2. The quantitative estimate of drug-likeness (QED) is 0.787. The van der Waals surface area contributed by atoms with Crippen molar-refractivity contribution in [1.29, 1.82) is 0 Å². The summed E-state index contributed by atoms with van der Waals surface area (Å²) in [7, 11) is 0. The highest BCUT2D eigenvalue weighted by molar-refractivity contribution is 5.92. The van der Waals surface area contributed by atoms with Crippen molar-refractivity contribution >= 4 is 11.6 Å². The van der Waals surface area contributed by atoms with Crippen LogP contribution >= 0.6 is 0 Å². The largest absolute Gasteiger partial charge is 0.326 e. The first-order valence-corrected chi connectivity index (χ1v) is 8.91. The summed E-state index contributed by atoms with van der Waals surface area (Å²) in [6.45, 7) is 8.96. The van der Waals surface area contributed by atoms with Crippen LogP contribution in [0.1, 0.15) is 58.9 Å². The maximum Gasteiger partial charge on any atom is 0.227 e. The topological polar surface area (TPSA) is 29.1 Å². The molecule has 1 aromatic rings. The Balaban J connectivity index is 2.02. The van der Waals surface area contributed by atoms with E-state index in [4.69, 9.17) is 0 Å². The zero-order valence-corrected chi connectivity index (χ0v) is 14.6. The van der Waals surface area contributed by atoms with Crippen molar-refractivity contribution in [1.82, 2.24) is 0 Å². The molecule has 22 heavy (non-hydrogen) atoms. The number of nitrogens with one attached hydrogen (secondary N) is 1. The Morgan fingerprint density at radius 2 is 1.91 bits per heavy atom. The van der Waals surface area contributed by atoms with Crippen LogP contribution in [0.5, 0.6) is 0 Å². The molecule has 1 N–H and O–H groups in total. The fourth-order valence-corrected chi connectivity index (χ4v) is 3.78. The van der Waals surface area contributed by atoms with E-state index in [2.05, 4.69) is 45.1 Å². The number of hydrogen-bond acceptors (Lipinski definition) is 1. The summed E-state index contributed by atoms with van der Waals surface area (Å²) in [5.41, 5.74) is 2.28. The second kappa shape index (κ2) is 7.80. The van der Waals surface area contributed by atoms with E-state index < -0.39 is 0 Å². The predicted octanol–water partition coefficient (Wildman–Crippen LogP) is 5.29. The number of aryl methyl sites for hydroxylation is 1. The van der Waals surface area contributed by atoms with Crippen LogP contribution in [0.15, 0.2) is 24.3 Å². The lowest BCUT2D eigenvalue weighted by atomic mass is 9.70. The van der Waals surface area contributed by atoms with Crippen LogP contribution in [0.4, 0.5) is 5.69 Å². The first-order valence-electron chi connectivity index (χ1n) is 8.91. The Labute approximate surface area is 135 Å². The Morgan fingerprint density at radius 1 is 1.23 bits per heavy atom. The van der Waals surface area contributed by atoms with E-state index in [1.807, 2.05) is 12.1 Å². The molecule has 1 fully saturated rings. The number of amides is 1. The molecule has 0 radical (unpaired) electrons. The van der Waals surface area contributed by atoms with Crippen LogP contribution in [-0.4, -0.2) is 5.91 Å². The first-order chi connectivity index (χ1) is 10.5. The van der Waals surface area contributed by atoms with Gasteiger partial charge in [-0.25, -0.2) is 0 Å². The lowest BCUT2D eigenvalue weighted by Crippen LogP contribution is -2.36. The molecule has 1 aliphatic carbocycles. The third kappa shape index (κ3) is 4.34. The van der Waals surface area contributed by atoms with E-state index in [1.54, 1.807) is 0 Å². The summed E-state index contributed by atoms with van der Waals surface area (Å²) in [5, 5.41) is 3.15. The van der Waals surface area contributed by atoms with Gasteiger partial charge in [-0.15, -0.1) is 0 Å². The SMILES string of the molecule is CCCc1ccc(NC(=O)[C@@H]2C[C@H](C)CC[C@H]2C(C)C)cc1. The molecular formula is C20H31NO. The monoisotopic (exact) mass is 301 g/mol. The van der Waals surface area contributed by atoms with Crippen molar-refractivity contribution in [2.75, 3.05) is 5.32 Å². The van der Waals surface area contributed by atoms with Crippen molar-refractivity contribution in [3.8, 4) is 0 Å². The minimum atomic E-state index is 0.166. The van der Waals surface area contributed by atoms with Crippen LogP contribution in [-0.2, 0) is 11.2 Å². The van der Waals surface area contributed by atoms with Gasteiger partial charge in [0.05, 0.1) is 0 Å². The molecule has 2 nitrogen and oxygen atoms in total. The van der Waals surface area contributed by atoms with Gasteiger partial charge in [0.25, 0.3) is 0 Å². The average Bonchev–Trinajstić information content (AvgIpc) is 2.49. The van der Waals surface area contributed by atoms with Gasteiger partial charge in [-0.05, 0) is 54.7 Å². The second-order valence-corrected chi connectivity index (χ2v) is 7.37. The zero-order chi connectivity index (χ0) is 16.1. The van der Waals surface area contributed by atoms with Crippen LogP contribution in [0, 0.1) is 23.7 Å². The van der Waals surface area contributed by atoms with Gasteiger partial charge in [0.15, 0.2) is 0 Å². The van der Waals surface area contributed by atoms with E-state index in [0.29, 0.717) is 17.8 Å². The van der Waals surface area contributed by atoms with Crippen molar-refractivity contribution in [2.45, 2.75) is 59.8 Å². The minimum absolute atomic E-state index is 0.166. The van der Waals surface area contributed by atoms with E-state index in [-0.39, 0.29) is 11.8 Å². The van der Waals surface area contributed by atoms with Gasteiger partial charge in [-0.3, -0.25) is 4.79 Å². The molecule has 1 amide bonds. The Kier molecular flexibility index (Phi) is 6.05. The Hall–Kier alpha value is -1.31. The van der Waals surface area contributed by atoms with Crippen LogP contribution in [0.25, 0.3) is 0 Å². The van der Waals surface area contributed by atoms with Gasteiger partial charge in [-0.1, -0.05) is 52.7 Å². The summed E-state index contributed by atoms with van der Waals surface area (Å²) in [6, 6.07) is 8.34. The molecule has 122 valence electrons. The number of rotatable bonds is 5. The highest BCUT2D eigenvalue weighted by Gasteiger charge is 2.35. The number of carbonyl (C=O) groups is 1. The van der Waals surface area contributed by atoms with Crippen LogP contribution in [0.3, 0.4) is 0 Å². The second-order valence-electron chi connectivity index (χ2n) is 7.37. The highest BCUT2D eigenvalue weighted by atomic mass is 16.1. The molecule has 1 aromatic carbocycles. The van der Waals surface area contributed by atoms with Crippen LogP contribution in [0.2, 0.25) is 0 Å². The lowest BCUT2D eigenvalue weighted by Gasteiger charge is -2.36. The summed E-state index contributed by atoms with van der Waals surface area (Å²) < 4.78 is 0. The minimum Gasteiger partial charge on any atom is -0.326 e. The lowest BCUT2D eigenvalue weighted by molar-refractivity contribution is -0.123.